The van der Waals surface area contributed by atoms with Crippen LogP contribution in [0.15, 0.2) is 72.8 Å². The molecule has 0 unspecified atom stereocenters. The van der Waals surface area contributed by atoms with Crippen molar-refractivity contribution in [2.45, 2.75) is 50.7 Å². The molecule has 0 radical (unpaired) electrons. The van der Waals surface area contributed by atoms with Gasteiger partial charge in [-0.25, -0.2) is 8.42 Å². The number of carbonyl (C=O) groups is 2. The van der Waals surface area contributed by atoms with E-state index in [4.69, 9.17) is 21.1 Å². The van der Waals surface area contributed by atoms with Crippen LogP contribution in [-0.4, -0.2) is 64.2 Å². The lowest BCUT2D eigenvalue weighted by atomic mass is 10.0. The van der Waals surface area contributed by atoms with Gasteiger partial charge in [0.15, 0.2) is 11.5 Å². The number of hydrogen-bond donors (Lipinski definition) is 1. The summed E-state index contributed by atoms with van der Waals surface area (Å²) in [6.45, 7) is -0.529. The summed E-state index contributed by atoms with van der Waals surface area (Å²) in [6.07, 6.45) is 5.09. The summed E-state index contributed by atoms with van der Waals surface area (Å²) in [4.78, 5) is 29.7. The fraction of sp³-hybridized carbons (Fsp3) is 0.375. The first-order chi connectivity index (χ1) is 20.6. The number of nitrogens with one attached hydrogen (secondary N) is 1. The lowest BCUT2D eigenvalue weighted by molar-refractivity contribution is -0.140. The zero-order valence-electron chi connectivity index (χ0n) is 24.7. The molecule has 43 heavy (non-hydrogen) atoms. The van der Waals surface area contributed by atoms with E-state index in [0.717, 1.165) is 41.8 Å². The number of benzene rings is 3. The van der Waals surface area contributed by atoms with E-state index < -0.39 is 28.5 Å². The van der Waals surface area contributed by atoms with E-state index in [1.165, 1.54) is 25.2 Å². The highest BCUT2D eigenvalue weighted by atomic mass is 35.5. The molecule has 0 aliphatic heterocycles. The SMILES string of the molecule is COc1ccc(N(CC(=O)N(Cc2ccccc2Cl)[C@@H](Cc2ccccc2)C(=O)NC2CCCC2)S(C)(=O)=O)cc1OC. The van der Waals surface area contributed by atoms with Gasteiger partial charge in [-0.2, -0.15) is 0 Å². The van der Waals surface area contributed by atoms with E-state index in [1.807, 2.05) is 30.3 Å². The van der Waals surface area contributed by atoms with Crippen LogP contribution in [0.2, 0.25) is 5.02 Å². The first-order valence-corrected chi connectivity index (χ1v) is 16.4. The molecular formula is C32H38ClN3O6S. The second-order valence-corrected chi connectivity index (χ2v) is 12.9. The van der Waals surface area contributed by atoms with Gasteiger partial charge in [0.05, 0.1) is 26.2 Å². The van der Waals surface area contributed by atoms with Gasteiger partial charge in [0.1, 0.15) is 12.6 Å². The van der Waals surface area contributed by atoms with Crippen LogP contribution in [0.1, 0.15) is 36.8 Å². The Morgan fingerprint density at radius 1 is 0.953 bits per heavy atom. The molecule has 11 heteroatoms. The maximum Gasteiger partial charge on any atom is 0.244 e. The summed E-state index contributed by atoms with van der Waals surface area (Å²) in [5.41, 5.74) is 1.73. The third-order valence-electron chi connectivity index (χ3n) is 7.61. The Labute approximate surface area is 258 Å². The zero-order valence-corrected chi connectivity index (χ0v) is 26.2. The van der Waals surface area contributed by atoms with Crippen LogP contribution in [0.25, 0.3) is 0 Å². The lowest BCUT2D eigenvalue weighted by Crippen LogP contribution is -2.54. The highest BCUT2D eigenvalue weighted by Gasteiger charge is 2.34. The maximum absolute atomic E-state index is 14.3. The van der Waals surface area contributed by atoms with Crippen molar-refractivity contribution >= 4 is 39.1 Å². The molecule has 3 aromatic carbocycles. The molecule has 2 amide bonds. The molecule has 230 valence electrons. The Hall–Kier alpha value is -3.76. The van der Waals surface area contributed by atoms with Crippen molar-refractivity contribution in [3.63, 3.8) is 0 Å². The minimum Gasteiger partial charge on any atom is -0.493 e. The molecule has 9 nitrogen and oxygen atoms in total. The van der Waals surface area contributed by atoms with Crippen molar-refractivity contribution < 1.29 is 27.5 Å². The molecule has 0 aromatic heterocycles. The van der Waals surface area contributed by atoms with Gasteiger partial charge in [-0.15, -0.1) is 0 Å². The fourth-order valence-corrected chi connectivity index (χ4v) is 6.36. The molecule has 0 bridgehead atoms. The van der Waals surface area contributed by atoms with Crippen molar-refractivity contribution in [3.05, 3.63) is 88.9 Å². The lowest BCUT2D eigenvalue weighted by Gasteiger charge is -2.34. The maximum atomic E-state index is 14.3. The summed E-state index contributed by atoms with van der Waals surface area (Å²) in [7, 11) is -1.01. The number of methoxy groups -OCH3 is 2. The van der Waals surface area contributed by atoms with Crippen LogP contribution >= 0.6 is 11.6 Å². The van der Waals surface area contributed by atoms with E-state index >= 15 is 0 Å². The molecule has 1 fully saturated rings. The van der Waals surface area contributed by atoms with Crippen LogP contribution < -0.4 is 19.1 Å². The number of rotatable bonds is 13. The number of nitrogens with zero attached hydrogens (tertiary/aromatic N) is 2. The Kier molecular flexibility index (Phi) is 10.9. The third-order valence-corrected chi connectivity index (χ3v) is 9.11. The van der Waals surface area contributed by atoms with E-state index in [1.54, 1.807) is 36.4 Å². The molecule has 1 atom stereocenters. The molecule has 1 aliphatic carbocycles. The largest absolute Gasteiger partial charge is 0.493 e. The minimum atomic E-state index is -3.93. The van der Waals surface area contributed by atoms with E-state index in [-0.39, 0.29) is 30.6 Å². The van der Waals surface area contributed by atoms with Gasteiger partial charge >= 0.3 is 0 Å². The predicted molar refractivity (Wildman–Crippen MR) is 168 cm³/mol. The summed E-state index contributed by atoms with van der Waals surface area (Å²) < 4.78 is 37.8. The Morgan fingerprint density at radius 2 is 1.60 bits per heavy atom. The molecular weight excluding hydrogens is 590 g/mol. The van der Waals surface area contributed by atoms with Crippen LogP contribution in [0, 0.1) is 0 Å². The molecule has 0 spiro atoms. The predicted octanol–water partition coefficient (Wildman–Crippen LogP) is 4.82. The zero-order chi connectivity index (χ0) is 31.0. The smallest absolute Gasteiger partial charge is 0.244 e. The first kappa shape index (κ1) is 32.2. The number of anilines is 1. The summed E-state index contributed by atoms with van der Waals surface area (Å²) in [6, 6.07) is 20.3. The highest BCUT2D eigenvalue weighted by molar-refractivity contribution is 7.92. The summed E-state index contributed by atoms with van der Waals surface area (Å²) in [5.74, 6) is -0.111. The first-order valence-electron chi connectivity index (χ1n) is 14.2. The number of halogens is 1. The molecule has 0 heterocycles. The molecule has 0 saturated heterocycles. The summed E-state index contributed by atoms with van der Waals surface area (Å²) >= 11 is 6.52. The third kappa shape index (κ3) is 8.42. The molecule has 4 rings (SSSR count). The highest BCUT2D eigenvalue weighted by Crippen LogP contribution is 2.33. The molecule has 1 N–H and O–H groups in total. The minimum absolute atomic E-state index is 0.0115. The van der Waals surface area contributed by atoms with Crippen LogP contribution in [0.3, 0.4) is 0 Å². The number of amides is 2. The standard InChI is InChI=1S/C32H38ClN3O6S/c1-41-29-18-17-26(20-30(29)42-2)36(43(3,39)40)22-31(37)35(21-24-13-7-10-16-27(24)33)28(19-23-11-5-4-6-12-23)32(38)34-25-14-8-9-15-25/h4-7,10-13,16-18,20,25,28H,8-9,14-15,19,21-22H2,1-3H3,(H,34,38)/t28-/m0/s1. The second kappa shape index (κ2) is 14.6. The van der Waals surface area contributed by atoms with Crippen molar-refractivity contribution in [1.29, 1.82) is 0 Å². The van der Waals surface area contributed by atoms with Gasteiger partial charge in [0.25, 0.3) is 0 Å². The number of ether oxygens (including phenoxy) is 2. The van der Waals surface area contributed by atoms with Gasteiger partial charge < -0.3 is 19.7 Å². The molecule has 1 aliphatic rings. The quantitative estimate of drug-likeness (QED) is 0.291. The van der Waals surface area contributed by atoms with Crippen molar-refractivity contribution in [2.75, 3.05) is 31.3 Å². The molecule has 1 saturated carbocycles. The van der Waals surface area contributed by atoms with Crippen LogP contribution in [0.4, 0.5) is 5.69 Å². The van der Waals surface area contributed by atoms with Crippen LogP contribution in [0.5, 0.6) is 11.5 Å². The van der Waals surface area contributed by atoms with Gasteiger partial charge in [-0.05, 0) is 42.2 Å². The Balaban J connectivity index is 1.75. The topological polar surface area (TPSA) is 105 Å². The average molecular weight is 628 g/mol. The van der Waals surface area contributed by atoms with Crippen molar-refractivity contribution in [2.24, 2.45) is 0 Å². The normalized spacial score (nSPS) is 14.1. The Morgan fingerprint density at radius 3 is 2.23 bits per heavy atom. The molecule has 3 aromatic rings. The van der Waals surface area contributed by atoms with Crippen molar-refractivity contribution in [3.8, 4) is 11.5 Å². The van der Waals surface area contributed by atoms with E-state index in [2.05, 4.69) is 5.32 Å². The number of hydrogen-bond acceptors (Lipinski definition) is 6. The summed E-state index contributed by atoms with van der Waals surface area (Å²) in [5, 5.41) is 3.59. The van der Waals surface area contributed by atoms with E-state index in [0.29, 0.717) is 22.1 Å². The van der Waals surface area contributed by atoms with Gasteiger partial charge in [-0.1, -0.05) is 73.0 Å². The number of sulfonamides is 1. The number of carbonyl (C=O) groups excluding carboxylic acids is 2. The van der Waals surface area contributed by atoms with Crippen LogP contribution in [-0.2, 0) is 32.6 Å². The fourth-order valence-electron chi connectivity index (χ4n) is 5.33. The van der Waals surface area contributed by atoms with Crippen molar-refractivity contribution in [1.82, 2.24) is 10.2 Å². The van der Waals surface area contributed by atoms with Gasteiger partial charge in [0, 0.05) is 30.1 Å². The Bertz CT molecular complexity index is 1510. The van der Waals surface area contributed by atoms with Gasteiger partial charge in [0.2, 0.25) is 21.8 Å². The van der Waals surface area contributed by atoms with Gasteiger partial charge in [-0.3, -0.25) is 13.9 Å². The van der Waals surface area contributed by atoms with E-state index in [9.17, 15) is 18.0 Å². The second-order valence-electron chi connectivity index (χ2n) is 10.6. The average Bonchev–Trinajstić information content (AvgIpc) is 3.51. The monoisotopic (exact) mass is 627 g/mol.